The van der Waals surface area contributed by atoms with Crippen LogP contribution < -0.4 is 16.0 Å². The molecule has 2 aliphatic rings. The van der Waals surface area contributed by atoms with Gasteiger partial charge < -0.3 is 15.5 Å². The lowest BCUT2D eigenvalue weighted by Gasteiger charge is -2.27. The second-order valence-electron chi connectivity index (χ2n) is 4.90. The fraction of sp³-hybridized carbons (Fsp3) is 0.750. The van der Waals surface area contributed by atoms with Crippen LogP contribution >= 0.6 is 0 Å². The van der Waals surface area contributed by atoms with Crippen molar-refractivity contribution in [3.63, 3.8) is 0 Å². The van der Waals surface area contributed by atoms with Crippen molar-refractivity contribution < 1.29 is 14.4 Å². The maximum atomic E-state index is 11.9. The summed E-state index contributed by atoms with van der Waals surface area (Å²) in [7, 11) is 0. The van der Waals surface area contributed by atoms with E-state index in [0.29, 0.717) is 0 Å². The van der Waals surface area contributed by atoms with Gasteiger partial charge in [-0.25, -0.2) is 0 Å². The molecular weight excluding hydrogens is 248 g/mol. The van der Waals surface area contributed by atoms with Gasteiger partial charge in [0.1, 0.15) is 6.04 Å². The van der Waals surface area contributed by atoms with Gasteiger partial charge in [-0.15, -0.1) is 0 Å². The van der Waals surface area contributed by atoms with E-state index in [2.05, 4.69) is 16.0 Å². The topological polar surface area (TPSA) is 90.5 Å². The number of piperidine rings is 1. The highest BCUT2D eigenvalue weighted by Crippen LogP contribution is 2.08. The average Bonchev–Trinajstić information content (AvgIpc) is 2.46. The van der Waals surface area contributed by atoms with Crippen molar-refractivity contribution in [1.82, 2.24) is 20.9 Å². The van der Waals surface area contributed by atoms with Crippen molar-refractivity contribution in [2.75, 3.05) is 32.7 Å². The Morgan fingerprint density at radius 3 is 2.63 bits per heavy atom. The Labute approximate surface area is 112 Å². The number of nitrogens with zero attached hydrogens (tertiary/aromatic N) is 1. The van der Waals surface area contributed by atoms with Crippen molar-refractivity contribution in [3.05, 3.63) is 0 Å². The maximum absolute atomic E-state index is 11.9. The zero-order valence-electron chi connectivity index (χ0n) is 10.9. The van der Waals surface area contributed by atoms with E-state index in [1.165, 1.54) is 6.42 Å². The number of hydrogen-bond donors (Lipinski definition) is 3. The Hall–Kier alpha value is -1.63. The van der Waals surface area contributed by atoms with Gasteiger partial charge in [-0.3, -0.25) is 19.7 Å². The zero-order chi connectivity index (χ0) is 13.7. The minimum absolute atomic E-state index is 0.0327. The molecule has 106 valence electrons. The van der Waals surface area contributed by atoms with Crippen molar-refractivity contribution in [2.24, 2.45) is 0 Å². The molecule has 0 aliphatic carbocycles. The SMILES string of the molecule is O=C1CNC(C(=O)NCC(=O)N2CCCCC2)CN1. The van der Waals surface area contributed by atoms with E-state index in [9.17, 15) is 14.4 Å². The molecule has 2 saturated heterocycles. The molecule has 1 unspecified atom stereocenters. The van der Waals surface area contributed by atoms with E-state index in [1.54, 1.807) is 4.90 Å². The van der Waals surface area contributed by atoms with E-state index >= 15 is 0 Å². The summed E-state index contributed by atoms with van der Waals surface area (Å²) in [6.45, 7) is 2.00. The lowest BCUT2D eigenvalue weighted by atomic mass is 10.1. The molecule has 0 saturated carbocycles. The predicted octanol–water partition coefficient (Wildman–Crippen LogP) is -1.80. The molecule has 7 heteroatoms. The van der Waals surface area contributed by atoms with E-state index in [0.717, 1.165) is 25.9 Å². The number of amides is 3. The molecule has 7 nitrogen and oxygen atoms in total. The second-order valence-corrected chi connectivity index (χ2v) is 4.90. The van der Waals surface area contributed by atoms with Crippen LogP contribution in [0.25, 0.3) is 0 Å². The lowest BCUT2D eigenvalue weighted by Crippen LogP contribution is -2.58. The molecule has 2 rings (SSSR count). The third-order valence-corrected chi connectivity index (χ3v) is 3.45. The number of piperazine rings is 1. The molecule has 19 heavy (non-hydrogen) atoms. The standard InChI is InChI=1S/C12H20N4O3/c17-10-7-13-9(6-14-10)12(19)15-8-11(18)16-4-2-1-3-5-16/h9,13H,1-8H2,(H,14,17)(H,15,19). The van der Waals surface area contributed by atoms with Crippen LogP contribution in [0.4, 0.5) is 0 Å². The Balaban J connectivity index is 1.70. The minimum atomic E-state index is -0.452. The van der Waals surface area contributed by atoms with E-state index in [1.807, 2.05) is 0 Å². The summed E-state index contributed by atoms with van der Waals surface area (Å²) in [5, 5.41) is 8.05. The Bertz CT molecular complexity index is 356. The molecule has 3 amide bonds. The number of carbonyl (C=O) groups excluding carboxylic acids is 3. The normalized spacial score (nSPS) is 23.7. The average molecular weight is 268 g/mol. The van der Waals surface area contributed by atoms with Crippen molar-refractivity contribution in [2.45, 2.75) is 25.3 Å². The first kappa shape index (κ1) is 13.8. The molecule has 1 atom stereocenters. The highest BCUT2D eigenvalue weighted by molar-refractivity contribution is 5.89. The first-order valence-electron chi connectivity index (χ1n) is 6.72. The molecule has 3 N–H and O–H groups in total. The number of hydrogen-bond acceptors (Lipinski definition) is 4. The molecule has 0 aromatic carbocycles. The molecule has 2 heterocycles. The highest BCUT2D eigenvalue weighted by atomic mass is 16.2. The van der Waals surface area contributed by atoms with Gasteiger partial charge in [0.2, 0.25) is 17.7 Å². The number of rotatable bonds is 3. The van der Waals surface area contributed by atoms with Crippen LogP contribution in [0, 0.1) is 0 Å². The van der Waals surface area contributed by atoms with Crippen molar-refractivity contribution >= 4 is 17.7 Å². The number of likely N-dealkylation sites (tertiary alicyclic amines) is 1. The minimum Gasteiger partial charge on any atom is -0.353 e. The summed E-state index contributed by atoms with van der Waals surface area (Å²) in [5.41, 5.74) is 0. The van der Waals surface area contributed by atoms with Gasteiger partial charge in [-0.05, 0) is 19.3 Å². The van der Waals surface area contributed by atoms with Gasteiger partial charge in [-0.2, -0.15) is 0 Å². The first-order chi connectivity index (χ1) is 9.16. The van der Waals surface area contributed by atoms with Crippen LogP contribution in [-0.4, -0.2) is 61.4 Å². The smallest absolute Gasteiger partial charge is 0.241 e. The summed E-state index contributed by atoms with van der Waals surface area (Å²) >= 11 is 0. The third-order valence-electron chi connectivity index (χ3n) is 3.45. The Morgan fingerprint density at radius 2 is 2.00 bits per heavy atom. The first-order valence-corrected chi connectivity index (χ1v) is 6.72. The Kier molecular flexibility index (Phi) is 4.73. The summed E-state index contributed by atoms with van der Waals surface area (Å²) in [5.74, 6) is -0.397. The quantitative estimate of drug-likeness (QED) is 0.563. The van der Waals surface area contributed by atoms with Gasteiger partial charge in [0.05, 0.1) is 13.1 Å². The Morgan fingerprint density at radius 1 is 1.26 bits per heavy atom. The van der Waals surface area contributed by atoms with Gasteiger partial charge in [0, 0.05) is 19.6 Å². The fourth-order valence-electron chi connectivity index (χ4n) is 2.29. The zero-order valence-corrected chi connectivity index (χ0v) is 10.9. The molecule has 0 spiro atoms. The van der Waals surface area contributed by atoms with Gasteiger partial charge >= 0.3 is 0 Å². The van der Waals surface area contributed by atoms with Gasteiger partial charge in [-0.1, -0.05) is 0 Å². The van der Waals surface area contributed by atoms with Crippen molar-refractivity contribution in [1.29, 1.82) is 0 Å². The van der Waals surface area contributed by atoms with Gasteiger partial charge in [0.25, 0.3) is 0 Å². The van der Waals surface area contributed by atoms with E-state index < -0.39 is 6.04 Å². The molecular formula is C12H20N4O3. The van der Waals surface area contributed by atoms with Crippen LogP contribution in [0.15, 0.2) is 0 Å². The molecule has 0 aromatic rings. The van der Waals surface area contributed by atoms with E-state index in [4.69, 9.17) is 0 Å². The van der Waals surface area contributed by atoms with Crippen molar-refractivity contribution in [3.8, 4) is 0 Å². The largest absolute Gasteiger partial charge is 0.353 e. The molecule has 0 radical (unpaired) electrons. The molecule has 0 bridgehead atoms. The second kappa shape index (κ2) is 6.51. The monoisotopic (exact) mass is 268 g/mol. The molecule has 0 aromatic heterocycles. The summed E-state index contributed by atoms with van der Waals surface area (Å²) in [4.78, 5) is 36.4. The number of nitrogens with one attached hydrogen (secondary N) is 3. The number of carbonyl (C=O) groups is 3. The molecule has 2 fully saturated rings. The molecule has 2 aliphatic heterocycles. The lowest BCUT2D eigenvalue weighted by molar-refractivity contribution is -0.134. The van der Waals surface area contributed by atoms with Crippen LogP contribution in [0.2, 0.25) is 0 Å². The maximum Gasteiger partial charge on any atom is 0.241 e. The summed E-state index contributed by atoms with van der Waals surface area (Å²) in [6.07, 6.45) is 3.24. The summed E-state index contributed by atoms with van der Waals surface area (Å²) < 4.78 is 0. The van der Waals surface area contributed by atoms with Crippen LogP contribution in [0.5, 0.6) is 0 Å². The third kappa shape index (κ3) is 3.92. The highest BCUT2D eigenvalue weighted by Gasteiger charge is 2.24. The van der Waals surface area contributed by atoms with E-state index in [-0.39, 0.29) is 37.4 Å². The van der Waals surface area contributed by atoms with Crippen LogP contribution in [-0.2, 0) is 14.4 Å². The van der Waals surface area contributed by atoms with Gasteiger partial charge in [0.15, 0.2) is 0 Å². The predicted molar refractivity (Wildman–Crippen MR) is 68.2 cm³/mol. The fourth-order valence-corrected chi connectivity index (χ4v) is 2.29. The van der Waals surface area contributed by atoms with Crippen LogP contribution in [0.3, 0.4) is 0 Å². The van der Waals surface area contributed by atoms with Crippen LogP contribution in [0.1, 0.15) is 19.3 Å². The summed E-state index contributed by atoms with van der Waals surface area (Å²) in [6, 6.07) is -0.452.